The molecule has 3 N–H and O–H groups in total. The number of pyridine rings is 1. The Kier molecular flexibility index (Phi) is 4.90. The highest BCUT2D eigenvalue weighted by atomic mass is 32.2. The zero-order chi connectivity index (χ0) is 24.7. The Bertz CT molecular complexity index is 1280. The van der Waals surface area contributed by atoms with E-state index in [1.807, 2.05) is 0 Å². The van der Waals surface area contributed by atoms with Gasteiger partial charge in [-0.25, -0.2) is 27.3 Å². The number of sulfonamides is 1. The third kappa shape index (κ3) is 3.76. The van der Waals surface area contributed by atoms with E-state index in [1.165, 1.54) is 6.07 Å². The number of hydrogen-bond acceptors (Lipinski definition) is 5. The number of carbonyl (C=O) groups is 1. The maximum absolute atomic E-state index is 14.6. The normalized spacial score (nSPS) is 25.8. The van der Waals surface area contributed by atoms with Crippen LogP contribution in [-0.4, -0.2) is 35.0 Å². The number of rotatable bonds is 6. The molecule has 1 amide bonds. The van der Waals surface area contributed by atoms with Gasteiger partial charge in [0.1, 0.15) is 11.3 Å². The lowest BCUT2D eigenvalue weighted by molar-refractivity contribution is -0.138. The molecule has 0 atom stereocenters. The predicted octanol–water partition coefficient (Wildman–Crippen LogP) is 3.51. The molecule has 4 fully saturated rings. The fourth-order valence-corrected chi connectivity index (χ4v) is 5.68. The first kappa shape index (κ1) is 23.1. The highest BCUT2D eigenvalue weighted by Gasteiger charge is 2.69. The van der Waals surface area contributed by atoms with Crippen molar-refractivity contribution in [2.75, 3.05) is 5.32 Å². The minimum Gasteiger partial charge on any atom is -0.320 e. The highest BCUT2D eigenvalue weighted by molar-refractivity contribution is 7.89. The van der Waals surface area contributed by atoms with Crippen molar-refractivity contribution in [2.24, 2.45) is 16.5 Å². The molecule has 0 spiro atoms. The summed E-state index contributed by atoms with van der Waals surface area (Å²) in [5.74, 6) is -5.01. The van der Waals surface area contributed by atoms with Gasteiger partial charge in [0.15, 0.2) is 5.03 Å². The molecule has 2 heterocycles. The van der Waals surface area contributed by atoms with Crippen LogP contribution in [0, 0.1) is 11.3 Å². The lowest BCUT2D eigenvalue weighted by atomic mass is 9.68. The third-order valence-electron chi connectivity index (χ3n) is 6.86. The lowest BCUT2D eigenvalue weighted by Crippen LogP contribution is -2.43. The second kappa shape index (κ2) is 7.20. The summed E-state index contributed by atoms with van der Waals surface area (Å²) < 4.78 is 95.4. The van der Waals surface area contributed by atoms with Gasteiger partial charge >= 0.3 is 6.18 Å². The molecule has 2 bridgehead atoms. The molecule has 0 aliphatic heterocycles. The highest BCUT2D eigenvalue weighted by Crippen LogP contribution is 2.67. The molecule has 0 aromatic carbocycles. The van der Waals surface area contributed by atoms with Gasteiger partial charge in [-0.3, -0.25) is 9.48 Å². The number of aromatic nitrogens is 3. The van der Waals surface area contributed by atoms with E-state index < -0.39 is 62.2 Å². The number of amides is 1. The Balaban J connectivity index is 1.57. The minimum absolute atomic E-state index is 0.156. The second-order valence-corrected chi connectivity index (χ2v) is 10.9. The number of halogens is 5. The Morgan fingerprint density at radius 2 is 1.91 bits per heavy atom. The Morgan fingerprint density at radius 1 is 1.24 bits per heavy atom. The van der Waals surface area contributed by atoms with Crippen molar-refractivity contribution in [2.45, 2.75) is 61.7 Å². The van der Waals surface area contributed by atoms with Gasteiger partial charge in [-0.15, -0.1) is 0 Å². The van der Waals surface area contributed by atoms with Crippen LogP contribution in [0.4, 0.5) is 27.6 Å². The van der Waals surface area contributed by atoms with Crippen molar-refractivity contribution in [3.8, 4) is 0 Å². The molecule has 14 heteroatoms. The summed E-state index contributed by atoms with van der Waals surface area (Å²) in [6.45, 7) is -0.520. The van der Waals surface area contributed by atoms with E-state index in [0.717, 1.165) is 16.9 Å². The van der Waals surface area contributed by atoms with Crippen molar-refractivity contribution in [1.82, 2.24) is 14.8 Å². The fourth-order valence-electron chi connectivity index (χ4n) is 5.18. The van der Waals surface area contributed by atoms with Gasteiger partial charge in [-0.1, -0.05) is 0 Å². The molecular formula is C20H20F5N5O3S. The van der Waals surface area contributed by atoms with E-state index in [9.17, 15) is 35.2 Å². The number of primary sulfonamides is 1. The molecule has 184 valence electrons. The van der Waals surface area contributed by atoms with Crippen molar-refractivity contribution in [3.63, 3.8) is 0 Å². The summed E-state index contributed by atoms with van der Waals surface area (Å²) in [4.78, 5) is 16.7. The van der Waals surface area contributed by atoms with Gasteiger partial charge in [0, 0.05) is 30.3 Å². The molecule has 2 aromatic rings. The predicted molar refractivity (Wildman–Crippen MR) is 107 cm³/mol. The summed E-state index contributed by atoms with van der Waals surface area (Å²) >= 11 is 0. The minimum atomic E-state index is -4.95. The largest absolute Gasteiger partial charge is 0.420 e. The van der Waals surface area contributed by atoms with E-state index in [-0.39, 0.29) is 36.6 Å². The summed E-state index contributed by atoms with van der Waals surface area (Å²) in [5, 5.41) is 10.7. The van der Waals surface area contributed by atoms with E-state index in [2.05, 4.69) is 15.4 Å². The number of carbonyl (C=O) groups excluding carboxylic acids is 1. The Labute approximate surface area is 190 Å². The molecule has 0 saturated heterocycles. The van der Waals surface area contributed by atoms with Crippen LogP contribution in [0.3, 0.4) is 0 Å². The van der Waals surface area contributed by atoms with Crippen LogP contribution in [0.5, 0.6) is 0 Å². The van der Waals surface area contributed by atoms with Crippen LogP contribution < -0.4 is 10.5 Å². The second-order valence-electron chi connectivity index (χ2n) is 9.38. The zero-order valence-corrected chi connectivity index (χ0v) is 18.4. The van der Waals surface area contributed by atoms with Crippen molar-refractivity contribution in [3.05, 3.63) is 35.3 Å². The summed E-state index contributed by atoms with van der Waals surface area (Å²) in [6, 6.07) is 2.06. The molecule has 4 saturated carbocycles. The fraction of sp³-hybridized carbons (Fsp3) is 0.550. The molecular weight excluding hydrogens is 485 g/mol. The van der Waals surface area contributed by atoms with Gasteiger partial charge in [-0.2, -0.15) is 18.3 Å². The SMILES string of the molecule is NS(=O)(=O)c1cc(NC(=O)c2c(C(F)(F)F)c(C3CC3)nn2CC23CC(CC2(F)F)C3)ccn1. The molecule has 34 heavy (non-hydrogen) atoms. The maximum atomic E-state index is 14.6. The third-order valence-corrected chi connectivity index (χ3v) is 7.66. The van der Waals surface area contributed by atoms with Crippen LogP contribution in [0.1, 0.15) is 59.8 Å². The van der Waals surface area contributed by atoms with Gasteiger partial charge in [-0.05, 0) is 37.7 Å². The van der Waals surface area contributed by atoms with Gasteiger partial charge in [0.05, 0.1) is 17.7 Å². The van der Waals surface area contributed by atoms with Gasteiger partial charge < -0.3 is 5.32 Å². The van der Waals surface area contributed by atoms with Crippen LogP contribution in [0.25, 0.3) is 0 Å². The molecule has 2 aromatic heterocycles. The van der Waals surface area contributed by atoms with E-state index in [0.29, 0.717) is 12.8 Å². The first-order valence-electron chi connectivity index (χ1n) is 10.6. The maximum Gasteiger partial charge on any atom is 0.420 e. The van der Waals surface area contributed by atoms with Crippen molar-refractivity contribution in [1.29, 1.82) is 0 Å². The Hall–Kier alpha value is -2.61. The standard InChI is InChI=1S/C20H20F5N5O3S/c21-19(22)8-10-6-18(19,7-10)9-30-16(14(20(23,24)25)15(29-30)11-1-2-11)17(31)28-12-3-4-27-13(5-12)34(26,32)33/h3-5,10-11H,1-2,6-9H2,(H2,26,32,33)(H,27,28,31). The number of hydrogen-bond donors (Lipinski definition) is 2. The summed E-state index contributed by atoms with van der Waals surface area (Å²) in [5.41, 5.74) is -4.16. The zero-order valence-electron chi connectivity index (χ0n) is 17.6. The lowest BCUT2D eigenvalue weighted by Gasteiger charge is -2.40. The van der Waals surface area contributed by atoms with E-state index in [4.69, 9.17) is 5.14 Å². The number of fused-ring (bicyclic) bond motifs is 1. The van der Waals surface area contributed by atoms with E-state index >= 15 is 0 Å². The molecule has 0 unspecified atom stereocenters. The number of alkyl halides is 5. The first-order valence-corrected chi connectivity index (χ1v) is 12.1. The van der Waals surface area contributed by atoms with Crippen molar-refractivity contribution < 1.29 is 35.2 Å². The average Bonchev–Trinajstić information content (AvgIpc) is 3.34. The van der Waals surface area contributed by atoms with E-state index in [1.54, 1.807) is 0 Å². The summed E-state index contributed by atoms with van der Waals surface area (Å²) in [7, 11) is -4.24. The molecule has 8 nitrogen and oxygen atoms in total. The topological polar surface area (TPSA) is 120 Å². The van der Waals surface area contributed by atoms with Crippen LogP contribution in [0.15, 0.2) is 23.4 Å². The molecule has 0 radical (unpaired) electrons. The number of nitrogens with one attached hydrogen (secondary N) is 1. The van der Waals surface area contributed by atoms with Crippen LogP contribution in [0.2, 0.25) is 0 Å². The smallest absolute Gasteiger partial charge is 0.320 e. The van der Waals surface area contributed by atoms with Crippen LogP contribution in [-0.2, 0) is 22.7 Å². The quantitative estimate of drug-likeness (QED) is 0.583. The van der Waals surface area contributed by atoms with Crippen LogP contribution >= 0.6 is 0 Å². The molecule has 4 aliphatic carbocycles. The number of nitrogens with zero attached hydrogens (tertiary/aromatic N) is 3. The summed E-state index contributed by atoms with van der Waals surface area (Å²) in [6.07, 6.45) is -3.06. The van der Waals surface area contributed by atoms with Gasteiger partial charge in [0.2, 0.25) is 0 Å². The average molecular weight is 505 g/mol. The van der Waals surface area contributed by atoms with Crippen molar-refractivity contribution >= 4 is 21.6 Å². The first-order chi connectivity index (χ1) is 15.7. The molecule has 4 aliphatic rings. The molecule has 6 rings (SSSR count). The number of anilines is 1. The monoisotopic (exact) mass is 505 g/mol. The van der Waals surface area contributed by atoms with Gasteiger partial charge in [0.25, 0.3) is 21.9 Å². The Morgan fingerprint density at radius 3 is 2.44 bits per heavy atom. The number of nitrogens with two attached hydrogens (primary N) is 1.